The summed E-state index contributed by atoms with van der Waals surface area (Å²) in [5.74, 6) is 1.79. The standard InChI is InChI=1S/C16H21FN2OS/c1-3-21-10-11(2)19-14(12-6-4-5-7-13(12)17)18-16(8-9-16)15(19)20/h4-7,11,14,18H,3,8-10H2,1-2H3. The molecule has 2 aliphatic rings. The van der Waals surface area contributed by atoms with E-state index in [1.54, 1.807) is 12.1 Å². The van der Waals surface area contributed by atoms with Crippen molar-refractivity contribution < 1.29 is 9.18 Å². The van der Waals surface area contributed by atoms with Gasteiger partial charge in [-0.15, -0.1) is 0 Å². The van der Waals surface area contributed by atoms with Gasteiger partial charge in [-0.25, -0.2) is 4.39 Å². The molecule has 1 N–H and O–H groups in total. The van der Waals surface area contributed by atoms with Gasteiger partial charge >= 0.3 is 0 Å². The zero-order valence-corrected chi connectivity index (χ0v) is 13.3. The van der Waals surface area contributed by atoms with Crippen LogP contribution in [0.4, 0.5) is 4.39 Å². The van der Waals surface area contributed by atoms with E-state index in [4.69, 9.17) is 0 Å². The smallest absolute Gasteiger partial charge is 0.244 e. The lowest BCUT2D eigenvalue weighted by molar-refractivity contribution is -0.132. The van der Waals surface area contributed by atoms with Gasteiger partial charge in [-0.2, -0.15) is 11.8 Å². The van der Waals surface area contributed by atoms with Crippen molar-refractivity contribution in [3.63, 3.8) is 0 Å². The quantitative estimate of drug-likeness (QED) is 0.908. The Labute approximate surface area is 129 Å². The molecule has 0 bridgehead atoms. The largest absolute Gasteiger partial charge is 0.318 e. The third-order valence-corrected chi connectivity index (χ3v) is 5.45. The van der Waals surface area contributed by atoms with Crippen molar-refractivity contribution in [3.8, 4) is 0 Å². The lowest BCUT2D eigenvalue weighted by atomic mass is 10.1. The van der Waals surface area contributed by atoms with Gasteiger partial charge in [-0.05, 0) is 31.6 Å². The normalized spacial score (nSPS) is 24.6. The lowest BCUT2D eigenvalue weighted by Crippen LogP contribution is -2.40. The number of benzene rings is 1. The Morgan fingerprint density at radius 3 is 2.81 bits per heavy atom. The van der Waals surface area contributed by atoms with Crippen LogP contribution in [0.5, 0.6) is 0 Å². The van der Waals surface area contributed by atoms with Gasteiger partial charge in [0.05, 0.1) is 0 Å². The molecule has 2 unspecified atom stereocenters. The molecule has 1 aliphatic carbocycles. The molecule has 1 saturated carbocycles. The Balaban J connectivity index is 1.90. The summed E-state index contributed by atoms with van der Waals surface area (Å²) < 4.78 is 14.1. The third-order valence-electron chi connectivity index (χ3n) is 4.32. The summed E-state index contributed by atoms with van der Waals surface area (Å²) in [6, 6.07) is 6.84. The number of carbonyl (C=O) groups is 1. The number of halogens is 1. The first-order chi connectivity index (χ1) is 10.1. The molecule has 114 valence electrons. The van der Waals surface area contributed by atoms with E-state index in [9.17, 15) is 9.18 Å². The van der Waals surface area contributed by atoms with E-state index in [1.165, 1.54) is 6.07 Å². The van der Waals surface area contributed by atoms with Crippen LogP contribution in [0.1, 0.15) is 38.4 Å². The van der Waals surface area contributed by atoms with Crippen LogP contribution in [-0.2, 0) is 4.79 Å². The van der Waals surface area contributed by atoms with Crippen LogP contribution in [0.2, 0.25) is 0 Å². The fourth-order valence-electron chi connectivity index (χ4n) is 2.99. The van der Waals surface area contributed by atoms with Gasteiger partial charge in [0, 0.05) is 17.4 Å². The maximum absolute atomic E-state index is 14.1. The van der Waals surface area contributed by atoms with E-state index in [-0.39, 0.29) is 23.9 Å². The molecule has 2 atom stereocenters. The molecule has 2 fully saturated rings. The molecule has 0 radical (unpaired) electrons. The Morgan fingerprint density at radius 2 is 2.19 bits per heavy atom. The van der Waals surface area contributed by atoms with E-state index < -0.39 is 5.54 Å². The van der Waals surface area contributed by atoms with E-state index >= 15 is 0 Å². The molecular formula is C16H21FN2OS. The molecule has 1 saturated heterocycles. The maximum atomic E-state index is 14.1. The van der Waals surface area contributed by atoms with E-state index in [0.29, 0.717) is 5.56 Å². The van der Waals surface area contributed by atoms with Crippen molar-refractivity contribution in [1.82, 2.24) is 10.2 Å². The number of nitrogens with one attached hydrogen (secondary N) is 1. The lowest BCUT2D eigenvalue weighted by Gasteiger charge is -2.30. The highest BCUT2D eigenvalue weighted by Gasteiger charge is 2.60. The van der Waals surface area contributed by atoms with Crippen LogP contribution in [0.15, 0.2) is 24.3 Å². The predicted molar refractivity (Wildman–Crippen MR) is 83.5 cm³/mol. The fourth-order valence-corrected chi connectivity index (χ4v) is 3.73. The molecule has 1 spiro atoms. The monoisotopic (exact) mass is 308 g/mol. The van der Waals surface area contributed by atoms with Gasteiger partial charge in [-0.3, -0.25) is 10.1 Å². The van der Waals surface area contributed by atoms with Gasteiger partial charge in [0.15, 0.2) is 0 Å². The van der Waals surface area contributed by atoms with Gasteiger partial charge in [-0.1, -0.05) is 25.1 Å². The average Bonchev–Trinajstić information content (AvgIpc) is 3.19. The molecule has 1 heterocycles. The zero-order valence-electron chi connectivity index (χ0n) is 12.4. The topological polar surface area (TPSA) is 32.3 Å². The molecule has 1 aromatic rings. The van der Waals surface area contributed by atoms with Crippen LogP contribution in [0, 0.1) is 5.82 Å². The molecule has 3 rings (SSSR count). The van der Waals surface area contributed by atoms with E-state index in [1.807, 2.05) is 22.7 Å². The Kier molecular flexibility index (Phi) is 3.97. The molecule has 0 aromatic heterocycles. The minimum absolute atomic E-state index is 0.0968. The number of nitrogens with zero attached hydrogens (tertiary/aromatic N) is 1. The summed E-state index contributed by atoms with van der Waals surface area (Å²) in [4.78, 5) is 14.6. The minimum atomic E-state index is -0.419. The van der Waals surface area contributed by atoms with Crippen molar-refractivity contribution in [2.24, 2.45) is 0 Å². The number of carbonyl (C=O) groups excluding carboxylic acids is 1. The molecular weight excluding hydrogens is 287 g/mol. The second-order valence-corrected chi connectivity index (χ2v) is 7.19. The third kappa shape index (κ3) is 2.57. The van der Waals surface area contributed by atoms with Crippen LogP contribution in [0.25, 0.3) is 0 Å². The van der Waals surface area contributed by atoms with Gasteiger partial charge in [0.1, 0.15) is 17.5 Å². The fraction of sp³-hybridized carbons (Fsp3) is 0.562. The van der Waals surface area contributed by atoms with Crippen LogP contribution >= 0.6 is 11.8 Å². The number of rotatable bonds is 5. The Bertz CT molecular complexity index is 547. The highest BCUT2D eigenvalue weighted by molar-refractivity contribution is 7.99. The first kappa shape index (κ1) is 14.9. The average molecular weight is 308 g/mol. The molecule has 1 amide bonds. The van der Waals surface area contributed by atoms with Gasteiger partial charge in [0.2, 0.25) is 5.91 Å². The summed E-state index contributed by atoms with van der Waals surface area (Å²) >= 11 is 1.81. The highest BCUT2D eigenvalue weighted by Crippen LogP contribution is 2.47. The minimum Gasteiger partial charge on any atom is -0.318 e. The molecule has 21 heavy (non-hydrogen) atoms. The van der Waals surface area contributed by atoms with Gasteiger partial charge < -0.3 is 4.90 Å². The summed E-state index contributed by atoms with van der Waals surface area (Å²) in [5, 5.41) is 3.38. The maximum Gasteiger partial charge on any atom is 0.244 e. The first-order valence-corrected chi connectivity index (χ1v) is 8.67. The van der Waals surface area contributed by atoms with E-state index in [0.717, 1.165) is 24.3 Å². The summed E-state index contributed by atoms with van der Waals surface area (Å²) in [6.45, 7) is 4.16. The Morgan fingerprint density at radius 1 is 1.48 bits per heavy atom. The van der Waals surface area contributed by atoms with Crippen molar-refractivity contribution in [2.75, 3.05) is 11.5 Å². The summed E-state index contributed by atoms with van der Waals surface area (Å²) in [7, 11) is 0. The molecule has 3 nitrogen and oxygen atoms in total. The van der Waals surface area contributed by atoms with Crippen molar-refractivity contribution in [3.05, 3.63) is 35.6 Å². The SMILES string of the molecule is CCSCC(C)N1C(=O)C2(CC2)NC1c1ccccc1F. The number of thioether (sulfide) groups is 1. The van der Waals surface area contributed by atoms with Crippen LogP contribution < -0.4 is 5.32 Å². The second kappa shape index (κ2) is 5.61. The predicted octanol–water partition coefficient (Wildman–Crippen LogP) is 2.93. The molecule has 5 heteroatoms. The number of hydrogen-bond acceptors (Lipinski definition) is 3. The van der Waals surface area contributed by atoms with Crippen molar-refractivity contribution in [2.45, 2.75) is 44.4 Å². The van der Waals surface area contributed by atoms with Crippen LogP contribution in [0.3, 0.4) is 0 Å². The van der Waals surface area contributed by atoms with Crippen molar-refractivity contribution >= 4 is 17.7 Å². The molecule has 1 aromatic carbocycles. The summed E-state index contributed by atoms with van der Waals surface area (Å²) in [6.07, 6.45) is 1.38. The first-order valence-electron chi connectivity index (χ1n) is 7.51. The van der Waals surface area contributed by atoms with Crippen molar-refractivity contribution in [1.29, 1.82) is 0 Å². The second-order valence-electron chi connectivity index (χ2n) is 5.87. The summed E-state index contributed by atoms with van der Waals surface area (Å²) in [5.41, 5.74) is 0.154. The highest BCUT2D eigenvalue weighted by atomic mass is 32.2. The molecule has 1 aliphatic heterocycles. The zero-order chi connectivity index (χ0) is 15.0. The Hall–Kier alpha value is -1.07. The van der Waals surface area contributed by atoms with Gasteiger partial charge in [0.25, 0.3) is 0 Å². The number of hydrogen-bond donors (Lipinski definition) is 1. The number of amides is 1. The van der Waals surface area contributed by atoms with Crippen LogP contribution in [-0.4, -0.2) is 33.9 Å². The van der Waals surface area contributed by atoms with E-state index in [2.05, 4.69) is 19.2 Å².